The third kappa shape index (κ3) is 4.26. The number of fused-ring (bicyclic) bond motifs is 3. The normalized spacial score (nSPS) is 10.9. The Bertz CT molecular complexity index is 1800. The molecule has 0 amide bonds. The van der Waals surface area contributed by atoms with Gasteiger partial charge in [0.25, 0.3) is 0 Å². The molecule has 1 radical (unpaired) electrons. The van der Waals surface area contributed by atoms with Crippen LogP contribution in [0.25, 0.3) is 61.0 Å². The number of para-hydroxylation sites is 1. The van der Waals surface area contributed by atoms with E-state index in [4.69, 9.17) is 4.98 Å². The number of benzene rings is 5. The van der Waals surface area contributed by atoms with Crippen molar-refractivity contribution < 1.29 is 20.1 Å². The Morgan fingerprint density at radius 1 is 0.500 bits per heavy atom. The maximum absolute atomic E-state index is 4.71. The van der Waals surface area contributed by atoms with Gasteiger partial charge in [-0.2, -0.15) is 0 Å². The first-order valence-corrected chi connectivity index (χ1v) is 12.5. The zero-order valence-corrected chi connectivity index (χ0v) is 22.9. The molecule has 3 heteroatoms. The summed E-state index contributed by atoms with van der Waals surface area (Å²) in [6.07, 6.45) is 1.86. The Labute approximate surface area is 235 Å². The Morgan fingerprint density at radius 2 is 1.05 bits per heavy atom. The van der Waals surface area contributed by atoms with Crippen LogP contribution in [-0.4, -0.2) is 9.55 Å². The van der Waals surface area contributed by atoms with Crippen molar-refractivity contribution in [3.05, 3.63) is 146 Å². The van der Waals surface area contributed by atoms with Gasteiger partial charge < -0.3 is 9.55 Å². The summed E-state index contributed by atoms with van der Waals surface area (Å²) in [5.74, 6) is 0. The fourth-order valence-electron chi connectivity index (χ4n) is 5.16. The molecule has 0 saturated heterocycles. The predicted molar refractivity (Wildman–Crippen MR) is 154 cm³/mol. The minimum Gasteiger partial charge on any atom is -0.358 e. The number of pyridine rings is 1. The van der Waals surface area contributed by atoms with Crippen molar-refractivity contribution in [1.29, 1.82) is 0 Å². The van der Waals surface area contributed by atoms with Crippen molar-refractivity contribution in [1.82, 2.24) is 9.55 Å². The maximum atomic E-state index is 4.71. The molecule has 0 aliphatic rings. The smallest absolute Gasteiger partial charge is 0.0366 e. The minimum absolute atomic E-state index is 0. The Hall–Kier alpha value is -4.30. The van der Waals surface area contributed by atoms with Crippen LogP contribution in [0.2, 0.25) is 0 Å². The van der Waals surface area contributed by atoms with Gasteiger partial charge in [0.1, 0.15) is 0 Å². The first-order valence-electron chi connectivity index (χ1n) is 12.5. The summed E-state index contributed by atoms with van der Waals surface area (Å²) in [4.78, 5) is 4.71. The van der Waals surface area contributed by atoms with Gasteiger partial charge in [0.05, 0.1) is 0 Å². The van der Waals surface area contributed by atoms with Gasteiger partial charge in [-0.05, 0) is 58.1 Å². The predicted octanol–water partition coefficient (Wildman–Crippen LogP) is 8.98. The zero-order chi connectivity index (χ0) is 24.6. The molecule has 7 rings (SSSR count). The number of aromatic nitrogens is 2. The average Bonchev–Trinajstić information content (AvgIpc) is 3.32. The monoisotopic (exact) mass is 664 g/mol. The SMILES string of the molecule is [Ir].[c-]1cc(-c2cc(-c3ccccc3)cc(-c3ccccc3)c2)cc2c1c1ncccc1n2-c1ccccc1. The van der Waals surface area contributed by atoms with Crippen molar-refractivity contribution in [2.75, 3.05) is 0 Å². The molecule has 0 unspecified atom stereocenters. The van der Waals surface area contributed by atoms with Crippen LogP contribution >= 0.6 is 0 Å². The standard InChI is InChI=1S/C35H23N2.Ir/c1-4-11-25(12-5-1)28-21-29(26-13-6-2-7-14-26)23-30(22-28)27-18-19-32-34(24-27)37(31-15-8-3-9-16-31)33-17-10-20-36-35(32)33;/h1-18,20-24H;/q-1;. The first kappa shape index (κ1) is 24.1. The van der Waals surface area contributed by atoms with E-state index in [0.717, 1.165) is 38.8 Å². The minimum atomic E-state index is 0. The first-order chi connectivity index (χ1) is 18.3. The molecular weight excluding hydrogens is 641 g/mol. The van der Waals surface area contributed by atoms with Crippen LogP contribution in [0.15, 0.2) is 140 Å². The summed E-state index contributed by atoms with van der Waals surface area (Å²) in [6, 6.07) is 50.6. The summed E-state index contributed by atoms with van der Waals surface area (Å²) >= 11 is 0. The number of hydrogen-bond acceptors (Lipinski definition) is 1. The van der Waals surface area contributed by atoms with Crippen molar-refractivity contribution in [3.63, 3.8) is 0 Å². The number of hydrogen-bond donors (Lipinski definition) is 0. The van der Waals surface area contributed by atoms with Crippen LogP contribution in [0, 0.1) is 6.07 Å². The van der Waals surface area contributed by atoms with E-state index in [-0.39, 0.29) is 20.1 Å². The van der Waals surface area contributed by atoms with Gasteiger partial charge >= 0.3 is 0 Å². The maximum Gasteiger partial charge on any atom is 0.0366 e. The largest absolute Gasteiger partial charge is 0.358 e. The molecule has 5 aromatic carbocycles. The second kappa shape index (κ2) is 10.2. The summed E-state index contributed by atoms with van der Waals surface area (Å²) in [5, 5.41) is 1.03. The van der Waals surface area contributed by atoms with E-state index in [1.165, 1.54) is 22.3 Å². The fourth-order valence-corrected chi connectivity index (χ4v) is 5.16. The van der Waals surface area contributed by atoms with Gasteiger partial charge in [0.2, 0.25) is 0 Å². The van der Waals surface area contributed by atoms with E-state index >= 15 is 0 Å². The molecule has 0 saturated carbocycles. The third-order valence-corrected chi connectivity index (χ3v) is 6.92. The summed E-state index contributed by atoms with van der Waals surface area (Å²) in [6.45, 7) is 0. The molecular formula is C35H23IrN2-. The third-order valence-electron chi connectivity index (χ3n) is 6.92. The molecule has 0 bridgehead atoms. The van der Waals surface area contributed by atoms with Crippen LogP contribution in [0.1, 0.15) is 0 Å². The second-order valence-electron chi connectivity index (χ2n) is 9.22. The Kier molecular flexibility index (Phi) is 6.47. The molecule has 0 spiro atoms. The molecule has 183 valence electrons. The van der Waals surface area contributed by atoms with Crippen molar-refractivity contribution in [2.24, 2.45) is 0 Å². The molecule has 7 aromatic rings. The average molecular weight is 664 g/mol. The van der Waals surface area contributed by atoms with E-state index in [1.807, 2.05) is 18.3 Å². The summed E-state index contributed by atoms with van der Waals surface area (Å²) in [7, 11) is 0. The zero-order valence-electron chi connectivity index (χ0n) is 20.5. The molecule has 0 aliphatic carbocycles. The molecule has 2 heterocycles. The van der Waals surface area contributed by atoms with Crippen LogP contribution in [0.3, 0.4) is 0 Å². The summed E-state index contributed by atoms with van der Waals surface area (Å²) < 4.78 is 2.29. The molecule has 0 fully saturated rings. The van der Waals surface area contributed by atoms with Crippen molar-refractivity contribution in [3.8, 4) is 39.1 Å². The molecule has 2 nitrogen and oxygen atoms in total. The van der Waals surface area contributed by atoms with Gasteiger partial charge in [-0.15, -0.1) is 18.2 Å². The van der Waals surface area contributed by atoms with Crippen LogP contribution in [0.5, 0.6) is 0 Å². The molecule has 2 aromatic heterocycles. The van der Waals surface area contributed by atoms with Crippen LogP contribution in [0.4, 0.5) is 0 Å². The van der Waals surface area contributed by atoms with E-state index in [9.17, 15) is 0 Å². The van der Waals surface area contributed by atoms with Crippen LogP contribution < -0.4 is 0 Å². The van der Waals surface area contributed by atoms with Crippen molar-refractivity contribution >= 4 is 21.9 Å². The molecule has 0 N–H and O–H groups in total. The van der Waals surface area contributed by atoms with Gasteiger partial charge in [-0.25, -0.2) is 0 Å². The fraction of sp³-hybridized carbons (Fsp3) is 0. The second-order valence-corrected chi connectivity index (χ2v) is 9.22. The summed E-state index contributed by atoms with van der Waals surface area (Å²) in [5.41, 5.74) is 11.4. The van der Waals surface area contributed by atoms with Gasteiger partial charge in [-0.1, -0.05) is 108 Å². The Balaban J connectivity index is 0.00000264. The quantitative estimate of drug-likeness (QED) is 0.172. The van der Waals surface area contributed by atoms with Crippen molar-refractivity contribution in [2.45, 2.75) is 0 Å². The molecule has 0 aliphatic heterocycles. The van der Waals surface area contributed by atoms with E-state index in [1.54, 1.807) is 0 Å². The number of nitrogens with zero attached hydrogens (tertiary/aromatic N) is 2. The van der Waals surface area contributed by atoms with E-state index in [2.05, 4.69) is 132 Å². The Morgan fingerprint density at radius 3 is 1.66 bits per heavy atom. The topological polar surface area (TPSA) is 17.8 Å². The number of rotatable bonds is 4. The molecule has 0 atom stereocenters. The van der Waals surface area contributed by atoms with Gasteiger partial charge in [0, 0.05) is 43.0 Å². The van der Waals surface area contributed by atoms with Gasteiger partial charge in [0.15, 0.2) is 0 Å². The van der Waals surface area contributed by atoms with Gasteiger partial charge in [-0.3, -0.25) is 0 Å². The van der Waals surface area contributed by atoms with E-state index in [0.29, 0.717) is 0 Å². The molecule has 38 heavy (non-hydrogen) atoms. The van der Waals surface area contributed by atoms with Crippen LogP contribution in [-0.2, 0) is 20.1 Å². The van der Waals surface area contributed by atoms with E-state index < -0.39 is 0 Å².